The molecular formula is C19H28O. The molecule has 0 heterocycles. The SMILES string of the molecule is CC1=C(C)CC2(C=C(C(C)C)C(=O)C(C(C)C)=C2)CC1. The summed E-state index contributed by atoms with van der Waals surface area (Å²) in [6.07, 6.45) is 7.97. The molecule has 0 aromatic carbocycles. The van der Waals surface area contributed by atoms with Gasteiger partial charge >= 0.3 is 0 Å². The topological polar surface area (TPSA) is 17.1 Å². The van der Waals surface area contributed by atoms with Crippen LogP contribution in [0.1, 0.15) is 60.8 Å². The van der Waals surface area contributed by atoms with Gasteiger partial charge in [-0.2, -0.15) is 0 Å². The molecular weight excluding hydrogens is 244 g/mol. The number of hydrogen-bond acceptors (Lipinski definition) is 1. The summed E-state index contributed by atoms with van der Waals surface area (Å²) in [4.78, 5) is 12.6. The van der Waals surface area contributed by atoms with Crippen molar-refractivity contribution in [3.8, 4) is 0 Å². The number of carbonyl (C=O) groups excluding carboxylic acids is 1. The minimum absolute atomic E-state index is 0.0940. The van der Waals surface area contributed by atoms with Crippen LogP contribution in [-0.4, -0.2) is 5.78 Å². The van der Waals surface area contributed by atoms with Crippen LogP contribution in [0, 0.1) is 17.3 Å². The monoisotopic (exact) mass is 272 g/mol. The van der Waals surface area contributed by atoms with Crippen molar-refractivity contribution in [3.63, 3.8) is 0 Å². The van der Waals surface area contributed by atoms with Crippen LogP contribution in [-0.2, 0) is 4.79 Å². The van der Waals surface area contributed by atoms with E-state index in [9.17, 15) is 4.79 Å². The number of Topliss-reactive ketones (excluding diaryl/α,β-unsaturated/α-hetero) is 1. The predicted octanol–water partition coefficient (Wildman–Crippen LogP) is 5.24. The largest absolute Gasteiger partial charge is 0.289 e. The van der Waals surface area contributed by atoms with Crippen LogP contribution in [0.15, 0.2) is 34.4 Å². The van der Waals surface area contributed by atoms with Gasteiger partial charge in [0.15, 0.2) is 5.78 Å². The molecule has 2 aliphatic rings. The van der Waals surface area contributed by atoms with Crippen molar-refractivity contribution in [2.75, 3.05) is 0 Å². The Labute approximate surface area is 123 Å². The van der Waals surface area contributed by atoms with Crippen LogP contribution in [0.2, 0.25) is 0 Å². The maximum Gasteiger partial charge on any atom is 0.184 e. The lowest BCUT2D eigenvalue weighted by Gasteiger charge is -2.38. The van der Waals surface area contributed by atoms with Crippen molar-refractivity contribution < 1.29 is 4.79 Å². The smallest absolute Gasteiger partial charge is 0.184 e. The van der Waals surface area contributed by atoms with Crippen LogP contribution >= 0.6 is 0 Å². The van der Waals surface area contributed by atoms with E-state index in [4.69, 9.17) is 0 Å². The highest BCUT2D eigenvalue weighted by molar-refractivity contribution is 6.10. The van der Waals surface area contributed by atoms with Gasteiger partial charge in [-0.3, -0.25) is 4.79 Å². The zero-order chi connectivity index (χ0) is 15.1. The standard InChI is InChI=1S/C19H28O/c1-12(2)16-10-19(8-7-14(5)15(6)9-19)11-17(13(3)4)18(16)20/h10-13H,7-9H2,1-6H3. The Morgan fingerprint density at radius 2 is 1.45 bits per heavy atom. The molecule has 20 heavy (non-hydrogen) atoms. The first kappa shape index (κ1) is 15.3. The molecule has 1 nitrogen and oxygen atoms in total. The van der Waals surface area contributed by atoms with Crippen LogP contribution in [0.25, 0.3) is 0 Å². The first-order valence-corrected chi connectivity index (χ1v) is 7.91. The minimum atomic E-state index is 0.0940. The molecule has 0 N–H and O–H groups in total. The van der Waals surface area contributed by atoms with Gasteiger partial charge in [0.1, 0.15) is 0 Å². The van der Waals surface area contributed by atoms with Crippen molar-refractivity contribution in [3.05, 3.63) is 34.4 Å². The Balaban J connectivity index is 2.49. The summed E-state index contributed by atoms with van der Waals surface area (Å²) in [7, 11) is 0. The molecule has 0 saturated carbocycles. The second kappa shape index (κ2) is 5.35. The van der Waals surface area contributed by atoms with E-state index in [1.807, 2.05) is 0 Å². The molecule has 0 aromatic rings. The quantitative estimate of drug-likeness (QED) is 0.628. The Bertz CT molecular complexity index is 484. The van der Waals surface area contributed by atoms with E-state index in [2.05, 4.69) is 53.7 Å². The summed E-state index contributed by atoms with van der Waals surface area (Å²) in [5.74, 6) is 0.910. The molecule has 0 saturated heterocycles. The molecule has 110 valence electrons. The van der Waals surface area contributed by atoms with E-state index in [0.29, 0.717) is 11.8 Å². The number of carbonyl (C=O) groups is 1. The van der Waals surface area contributed by atoms with Gasteiger partial charge in [0.25, 0.3) is 0 Å². The third kappa shape index (κ3) is 2.68. The Morgan fingerprint density at radius 3 is 1.85 bits per heavy atom. The van der Waals surface area contributed by atoms with Gasteiger partial charge < -0.3 is 0 Å². The van der Waals surface area contributed by atoms with Crippen LogP contribution in [0.4, 0.5) is 0 Å². The van der Waals surface area contributed by atoms with Gasteiger partial charge in [-0.15, -0.1) is 0 Å². The molecule has 2 aliphatic carbocycles. The lowest BCUT2D eigenvalue weighted by molar-refractivity contribution is -0.113. The first-order chi connectivity index (χ1) is 9.26. The van der Waals surface area contributed by atoms with E-state index in [-0.39, 0.29) is 11.2 Å². The second-order valence-corrected chi connectivity index (χ2v) is 7.31. The van der Waals surface area contributed by atoms with E-state index in [1.165, 1.54) is 11.1 Å². The van der Waals surface area contributed by atoms with E-state index in [1.54, 1.807) is 0 Å². The molecule has 2 rings (SSSR count). The molecule has 0 atom stereocenters. The van der Waals surface area contributed by atoms with Crippen molar-refractivity contribution in [2.45, 2.75) is 60.8 Å². The van der Waals surface area contributed by atoms with Crippen molar-refractivity contribution in [2.24, 2.45) is 17.3 Å². The van der Waals surface area contributed by atoms with Gasteiger partial charge in [0, 0.05) is 5.41 Å². The molecule has 0 unspecified atom stereocenters. The molecule has 0 aromatic heterocycles. The van der Waals surface area contributed by atoms with Crippen molar-refractivity contribution >= 4 is 5.78 Å². The zero-order valence-corrected chi connectivity index (χ0v) is 13.8. The first-order valence-electron chi connectivity index (χ1n) is 7.91. The predicted molar refractivity (Wildman–Crippen MR) is 85.5 cm³/mol. The Kier molecular flexibility index (Phi) is 4.09. The van der Waals surface area contributed by atoms with Gasteiger partial charge in [-0.05, 0) is 56.1 Å². The van der Waals surface area contributed by atoms with E-state index < -0.39 is 0 Å². The highest BCUT2D eigenvalue weighted by Crippen LogP contribution is 2.46. The third-order valence-corrected chi connectivity index (χ3v) is 4.94. The minimum Gasteiger partial charge on any atom is -0.289 e. The lowest BCUT2D eigenvalue weighted by Crippen LogP contribution is -2.30. The van der Waals surface area contributed by atoms with Crippen LogP contribution in [0.3, 0.4) is 0 Å². The normalized spacial score (nSPS) is 22.7. The average molecular weight is 272 g/mol. The number of ketones is 1. The molecule has 0 amide bonds. The molecule has 0 aliphatic heterocycles. The summed E-state index contributed by atoms with van der Waals surface area (Å²) in [5.41, 5.74) is 5.19. The fourth-order valence-electron chi connectivity index (χ4n) is 3.43. The van der Waals surface area contributed by atoms with E-state index in [0.717, 1.165) is 30.4 Å². The maximum absolute atomic E-state index is 12.6. The molecule has 0 fully saturated rings. The van der Waals surface area contributed by atoms with Crippen molar-refractivity contribution in [1.82, 2.24) is 0 Å². The van der Waals surface area contributed by atoms with Gasteiger partial charge in [-0.25, -0.2) is 0 Å². The highest BCUT2D eigenvalue weighted by Gasteiger charge is 2.37. The van der Waals surface area contributed by atoms with Gasteiger partial charge in [0.05, 0.1) is 0 Å². The fraction of sp³-hybridized carbons (Fsp3) is 0.632. The Morgan fingerprint density at radius 1 is 0.950 bits per heavy atom. The van der Waals surface area contributed by atoms with Crippen LogP contribution < -0.4 is 0 Å². The van der Waals surface area contributed by atoms with Gasteiger partial charge in [-0.1, -0.05) is 51.0 Å². The summed E-state index contributed by atoms with van der Waals surface area (Å²) in [5, 5.41) is 0. The summed E-state index contributed by atoms with van der Waals surface area (Å²) < 4.78 is 0. The number of allylic oxidation sites excluding steroid dienone is 6. The fourth-order valence-corrected chi connectivity index (χ4v) is 3.43. The van der Waals surface area contributed by atoms with E-state index >= 15 is 0 Å². The third-order valence-electron chi connectivity index (χ3n) is 4.94. The summed E-state index contributed by atoms with van der Waals surface area (Å²) >= 11 is 0. The molecule has 0 radical (unpaired) electrons. The highest BCUT2D eigenvalue weighted by atomic mass is 16.1. The van der Waals surface area contributed by atoms with Crippen molar-refractivity contribution in [1.29, 1.82) is 0 Å². The lowest BCUT2D eigenvalue weighted by atomic mass is 9.65. The average Bonchev–Trinajstić information content (AvgIpc) is 2.36. The summed E-state index contributed by atoms with van der Waals surface area (Å²) in [6.45, 7) is 13.0. The van der Waals surface area contributed by atoms with Crippen LogP contribution in [0.5, 0.6) is 0 Å². The molecule has 0 bridgehead atoms. The Hall–Kier alpha value is -1.11. The number of hydrogen-bond donors (Lipinski definition) is 0. The molecule has 1 spiro atoms. The maximum atomic E-state index is 12.6. The second-order valence-electron chi connectivity index (χ2n) is 7.31. The molecule has 1 heteroatoms. The number of rotatable bonds is 2. The zero-order valence-electron chi connectivity index (χ0n) is 13.8. The summed E-state index contributed by atoms with van der Waals surface area (Å²) in [6, 6.07) is 0. The van der Waals surface area contributed by atoms with Gasteiger partial charge in [0.2, 0.25) is 0 Å².